The smallest absolute Gasteiger partial charge is 0.254 e. The van der Waals surface area contributed by atoms with Gasteiger partial charge in [-0.25, -0.2) is 0 Å². The monoisotopic (exact) mass is 266 g/mol. The average molecular weight is 267 g/mol. The van der Waals surface area contributed by atoms with Crippen molar-refractivity contribution in [3.05, 3.63) is 29.0 Å². The molecule has 1 N–H and O–H groups in total. The summed E-state index contributed by atoms with van der Waals surface area (Å²) in [5.74, 6) is 0.469. The number of hydrogen-bond donors (Lipinski definition) is 1. The zero-order chi connectivity index (χ0) is 12.5. The largest absolute Gasteiger partial charge is 0.376 e. The fourth-order valence-corrected chi connectivity index (χ4v) is 2.64. The first kappa shape index (κ1) is 11.9. The molecule has 5 heteroatoms. The van der Waals surface area contributed by atoms with E-state index in [-0.39, 0.29) is 18.1 Å². The zero-order valence-corrected chi connectivity index (χ0v) is 10.7. The van der Waals surface area contributed by atoms with E-state index in [0.717, 1.165) is 13.0 Å². The molecule has 1 aliphatic carbocycles. The van der Waals surface area contributed by atoms with Crippen molar-refractivity contribution in [1.82, 2.24) is 10.3 Å². The number of carbonyl (C=O) groups is 1. The maximum atomic E-state index is 12.1. The molecule has 96 valence electrons. The third-order valence-corrected chi connectivity index (χ3v) is 3.88. The summed E-state index contributed by atoms with van der Waals surface area (Å²) in [4.78, 5) is 16.1. The molecule has 2 atom stereocenters. The Balaban J connectivity index is 1.69. The highest BCUT2D eigenvalue weighted by atomic mass is 35.5. The van der Waals surface area contributed by atoms with Crippen molar-refractivity contribution in [2.45, 2.75) is 31.4 Å². The maximum absolute atomic E-state index is 12.1. The van der Waals surface area contributed by atoms with Crippen LogP contribution in [-0.4, -0.2) is 29.6 Å². The number of rotatable bonds is 3. The fraction of sp³-hybridized carbons (Fsp3) is 0.538. The lowest BCUT2D eigenvalue weighted by Crippen LogP contribution is -2.41. The van der Waals surface area contributed by atoms with Gasteiger partial charge < -0.3 is 10.1 Å². The number of nitrogens with one attached hydrogen (secondary N) is 1. The van der Waals surface area contributed by atoms with Crippen molar-refractivity contribution in [2.24, 2.45) is 5.92 Å². The highest BCUT2D eigenvalue weighted by molar-refractivity contribution is 6.33. The van der Waals surface area contributed by atoms with Gasteiger partial charge in [0.2, 0.25) is 0 Å². The Morgan fingerprint density at radius 3 is 3.00 bits per heavy atom. The van der Waals surface area contributed by atoms with Crippen LogP contribution in [0, 0.1) is 5.92 Å². The summed E-state index contributed by atoms with van der Waals surface area (Å²) in [5.41, 5.74) is 0.431. The van der Waals surface area contributed by atoms with Crippen molar-refractivity contribution in [2.75, 3.05) is 6.61 Å². The molecule has 2 heterocycles. The molecule has 1 aromatic rings. The van der Waals surface area contributed by atoms with E-state index in [2.05, 4.69) is 10.3 Å². The number of ether oxygens (including phenoxy) is 1. The lowest BCUT2D eigenvalue weighted by Gasteiger charge is -2.19. The van der Waals surface area contributed by atoms with Crippen LogP contribution < -0.4 is 5.32 Å². The van der Waals surface area contributed by atoms with Crippen molar-refractivity contribution in [3.63, 3.8) is 0 Å². The first-order valence-electron chi connectivity index (χ1n) is 6.27. The van der Waals surface area contributed by atoms with Crippen LogP contribution >= 0.6 is 11.6 Å². The van der Waals surface area contributed by atoms with Crippen molar-refractivity contribution >= 4 is 17.5 Å². The van der Waals surface area contributed by atoms with E-state index in [0.29, 0.717) is 16.5 Å². The minimum absolute atomic E-state index is 0.112. The van der Waals surface area contributed by atoms with Crippen molar-refractivity contribution < 1.29 is 9.53 Å². The van der Waals surface area contributed by atoms with Crippen LogP contribution in [0.25, 0.3) is 0 Å². The van der Waals surface area contributed by atoms with E-state index in [1.165, 1.54) is 19.0 Å². The van der Waals surface area contributed by atoms with Crippen molar-refractivity contribution in [3.8, 4) is 0 Å². The molecule has 18 heavy (non-hydrogen) atoms. The van der Waals surface area contributed by atoms with Crippen LogP contribution in [0.2, 0.25) is 5.02 Å². The van der Waals surface area contributed by atoms with Crippen LogP contribution in [0.5, 0.6) is 0 Å². The van der Waals surface area contributed by atoms with E-state index in [1.807, 2.05) is 0 Å². The topological polar surface area (TPSA) is 51.2 Å². The molecule has 1 aromatic heterocycles. The van der Waals surface area contributed by atoms with E-state index in [1.54, 1.807) is 12.3 Å². The molecule has 2 aliphatic rings. The molecule has 0 spiro atoms. The predicted octanol–water partition coefficient (Wildman–Crippen LogP) is 2.03. The first-order chi connectivity index (χ1) is 8.75. The molecule has 3 rings (SSSR count). The van der Waals surface area contributed by atoms with Gasteiger partial charge in [-0.05, 0) is 31.2 Å². The second-order valence-electron chi connectivity index (χ2n) is 4.90. The third-order valence-electron chi connectivity index (χ3n) is 3.55. The zero-order valence-electron chi connectivity index (χ0n) is 9.93. The van der Waals surface area contributed by atoms with Gasteiger partial charge in [-0.1, -0.05) is 11.6 Å². The highest BCUT2D eigenvalue weighted by Crippen LogP contribution is 2.38. The van der Waals surface area contributed by atoms with Crippen LogP contribution in [-0.2, 0) is 4.74 Å². The molecule has 1 aliphatic heterocycles. The molecule has 2 unspecified atom stereocenters. The summed E-state index contributed by atoms with van der Waals surface area (Å²) in [5, 5.41) is 3.45. The summed E-state index contributed by atoms with van der Waals surface area (Å²) in [6.07, 6.45) is 6.56. The minimum Gasteiger partial charge on any atom is -0.376 e. The van der Waals surface area contributed by atoms with E-state index >= 15 is 0 Å². The number of amides is 1. The summed E-state index contributed by atoms with van der Waals surface area (Å²) in [7, 11) is 0. The summed E-state index contributed by atoms with van der Waals surface area (Å²) < 4.78 is 5.69. The van der Waals surface area contributed by atoms with Gasteiger partial charge in [-0.2, -0.15) is 0 Å². The van der Waals surface area contributed by atoms with Crippen LogP contribution in [0.1, 0.15) is 29.6 Å². The van der Waals surface area contributed by atoms with Crippen LogP contribution in [0.3, 0.4) is 0 Å². The first-order valence-corrected chi connectivity index (χ1v) is 6.65. The summed E-state index contributed by atoms with van der Waals surface area (Å²) >= 11 is 5.98. The summed E-state index contributed by atoms with van der Waals surface area (Å²) in [6.45, 7) is 0.729. The molecular weight excluding hydrogens is 252 g/mol. The fourth-order valence-electron chi connectivity index (χ4n) is 2.45. The van der Waals surface area contributed by atoms with Crippen molar-refractivity contribution in [1.29, 1.82) is 0 Å². The number of hydrogen-bond acceptors (Lipinski definition) is 3. The quantitative estimate of drug-likeness (QED) is 0.911. The second kappa shape index (κ2) is 4.86. The SMILES string of the molecule is O=C(NC1CCOC1C1CC1)c1cnccc1Cl. The number of carbonyl (C=O) groups excluding carboxylic acids is 1. The number of halogens is 1. The van der Waals surface area contributed by atoms with Crippen LogP contribution in [0.15, 0.2) is 18.5 Å². The maximum Gasteiger partial charge on any atom is 0.254 e. The Labute approximate surface area is 111 Å². The molecular formula is C13H15ClN2O2. The molecule has 1 saturated heterocycles. The highest BCUT2D eigenvalue weighted by Gasteiger charge is 2.41. The number of aromatic nitrogens is 1. The van der Waals surface area contributed by atoms with E-state index < -0.39 is 0 Å². The van der Waals surface area contributed by atoms with E-state index in [9.17, 15) is 4.79 Å². The Morgan fingerprint density at radius 1 is 1.44 bits per heavy atom. The van der Waals surface area contributed by atoms with E-state index in [4.69, 9.17) is 16.3 Å². The molecule has 0 bridgehead atoms. The molecule has 0 aromatic carbocycles. The number of nitrogens with zero attached hydrogens (tertiary/aromatic N) is 1. The molecule has 1 saturated carbocycles. The van der Waals surface area contributed by atoms with Gasteiger partial charge in [0.05, 0.1) is 22.7 Å². The molecule has 2 fully saturated rings. The van der Waals surface area contributed by atoms with Gasteiger partial charge in [0, 0.05) is 19.0 Å². The molecule has 1 amide bonds. The van der Waals surface area contributed by atoms with Gasteiger partial charge in [-0.3, -0.25) is 9.78 Å². The molecule has 4 nitrogen and oxygen atoms in total. The second-order valence-corrected chi connectivity index (χ2v) is 5.30. The standard InChI is InChI=1S/C13H15ClN2O2/c14-10-3-5-15-7-9(10)13(17)16-11-4-6-18-12(11)8-1-2-8/h3,5,7-8,11-12H,1-2,4,6H2,(H,16,17). The van der Waals surface area contributed by atoms with Gasteiger partial charge in [0.25, 0.3) is 5.91 Å². The summed E-state index contributed by atoms with van der Waals surface area (Å²) in [6, 6.07) is 1.74. The lowest BCUT2D eigenvalue weighted by molar-refractivity contribution is 0.0729. The Bertz CT molecular complexity index is 462. The van der Waals surface area contributed by atoms with Crippen LogP contribution in [0.4, 0.5) is 0 Å². The third kappa shape index (κ3) is 2.35. The molecule has 0 radical (unpaired) electrons. The van der Waals surface area contributed by atoms with Gasteiger partial charge >= 0.3 is 0 Å². The van der Waals surface area contributed by atoms with Gasteiger partial charge in [0.15, 0.2) is 0 Å². The Morgan fingerprint density at radius 2 is 2.28 bits per heavy atom. The average Bonchev–Trinajstić information content (AvgIpc) is 3.11. The normalized spacial score (nSPS) is 27.2. The van der Waals surface area contributed by atoms with Gasteiger partial charge in [0.1, 0.15) is 0 Å². The lowest BCUT2D eigenvalue weighted by atomic mass is 10.1. The Kier molecular flexibility index (Phi) is 3.22. The predicted molar refractivity (Wildman–Crippen MR) is 67.6 cm³/mol. The minimum atomic E-state index is -0.158. The number of pyridine rings is 1. The van der Waals surface area contributed by atoms with Gasteiger partial charge in [-0.15, -0.1) is 0 Å². The Hall–Kier alpha value is -1.13.